The van der Waals surface area contributed by atoms with Crippen molar-refractivity contribution in [3.63, 3.8) is 0 Å². The minimum atomic E-state index is -0.376. The monoisotopic (exact) mass is 451 g/mol. The normalized spacial score (nSPS) is 20.7. The molecule has 1 N–H and O–H groups in total. The molecule has 0 unspecified atom stereocenters. The second-order valence-electron chi connectivity index (χ2n) is 8.93. The van der Waals surface area contributed by atoms with Gasteiger partial charge in [0.25, 0.3) is 5.56 Å². The Morgan fingerprint density at radius 1 is 1.18 bits per heavy atom. The first-order valence-corrected chi connectivity index (χ1v) is 11.0. The van der Waals surface area contributed by atoms with E-state index in [9.17, 15) is 4.79 Å². The lowest BCUT2D eigenvalue weighted by atomic mass is 9.73. The van der Waals surface area contributed by atoms with Crippen LogP contribution in [-0.4, -0.2) is 38.2 Å². The molecule has 1 aromatic carbocycles. The number of nitrogens with zero attached hydrogens (tertiary/aromatic N) is 6. The van der Waals surface area contributed by atoms with Gasteiger partial charge in [-0.05, 0) is 56.0 Å². The Balaban J connectivity index is 1.68. The quantitative estimate of drug-likeness (QED) is 0.475. The fraction of sp³-hybridized carbons (Fsp3) is 0.280. The summed E-state index contributed by atoms with van der Waals surface area (Å²) in [6, 6.07) is 7.47. The Labute approximate surface area is 195 Å². The van der Waals surface area contributed by atoms with Crippen LogP contribution in [0.1, 0.15) is 24.4 Å². The third kappa shape index (κ3) is 2.99. The van der Waals surface area contributed by atoms with Crippen LogP contribution in [0.4, 0.5) is 5.69 Å². The standard InChI is InChI=1S/C25H21N7O2/c1-14-4-5-16(11-27-14)19-6-17(26-2)7-20-21(19)31-23(25-8-15(9-25)10-30-25)32(22(20)33)18-12-28-24(34-3)29-13-18/h4-7,11-13,15,30H,8-10H2,1,3H3. The Bertz CT molecular complexity index is 1520. The van der Waals surface area contributed by atoms with Crippen molar-refractivity contribution in [2.45, 2.75) is 25.3 Å². The van der Waals surface area contributed by atoms with Gasteiger partial charge in [0.15, 0.2) is 5.69 Å². The fourth-order valence-corrected chi connectivity index (χ4v) is 5.09. The molecule has 5 heterocycles. The molecule has 1 saturated carbocycles. The van der Waals surface area contributed by atoms with Gasteiger partial charge in [0, 0.05) is 17.5 Å². The van der Waals surface area contributed by atoms with E-state index in [0.29, 0.717) is 34.0 Å². The Morgan fingerprint density at radius 3 is 2.59 bits per heavy atom. The molecule has 0 spiro atoms. The number of hydrogen-bond acceptors (Lipinski definition) is 7. The summed E-state index contributed by atoms with van der Waals surface area (Å²) < 4.78 is 6.67. The molecule has 9 heteroatoms. The molecule has 7 rings (SSSR count). The van der Waals surface area contributed by atoms with Gasteiger partial charge in [0.05, 0.1) is 48.2 Å². The van der Waals surface area contributed by atoms with E-state index in [1.807, 2.05) is 19.1 Å². The summed E-state index contributed by atoms with van der Waals surface area (Å²) in [6.45, 7) is 10.4. The Hall–Kier alpha value is -4.16. The number of pyridine rings is 1. The molecule has 0 radical (unpaired) electrons. The van der Waals surface area contributed by atoms with Gasteiger partial charge in [0.1, 0.15) is 5.82 Å². The van der Waals surface area contributed by atoms with Crippen molar-refractivity contribution in [2.24, 2.45) is 5.92 Å². The van der Waals surface area contributed by atoms with E-state index in [2.05, 4.69) is 25.1 Å². The number of nitrogens with one attached hydrogen (secondary N) is 1. The van der Waals surface area contributed by atoms with E-state index in [1.165, 1.54) is 7.11 Å². The average Bonchev–Trinajstić information content (AvgIpc) is 3.47. The number of methoxy groups -OCH3 is 1. The van der Waals surface area contributed by atoms with Crippen molar-refractivity contribution < 1.29 is 4.74 Å². The molecule has 0 atom stereocenters. The topological polar surface area (TPSA) is 99.2 Å². The average molecular weight is 451 g/mol. The van der Waals surface area contributed by atoms with Crippen LogP contribution in [0.25, 0.3) is 32.6 Å². The first-order valence-electron chi connectivity index (χ1n) is 11.0. The number of hydrogen-bond donors (Lipinski definition) is 1. The van der Waals surface area contributed by atoms with Crippen LogP contribution in [0.2, 0.25) is 0 Å². The summed E-state index contributed by atoms with van der Waals surface area (Å²) in [5.41, 5.74) is 3.23. The third-order valence-electron chi connectivity index (χ3n) is 6.80. The zero-order valence-corrected chi connectivity index (χ0v) is 18.7. The first-order chi connectivity index (χ1) is 16.5. The van der Waals surface area contributed by atoms with E-state index in [0.717, 1.165) is 36.2 Å². The van der Waals surface area contributed by atoms with Crippen LogP contribution < -0.4 is 15.6 Å². The number of aryl methyl sites for hydroxylation is 1. The van der Waals surface area contributed by atoms with E-state index < -0.39 is 0 Å². The number of ether oxygens (including phenoxy) is 1. The van der Waals surface area contributed by atoms with Crippen molar-refractivity contribution in [3.8, 4) is 22.8 Å². The predicted octanol–water partition coefficient (Wildman–Crippen LogP) is 3.31. The molecule has 9 nitrogen and oxygen atoms in total. The van der Waals surface area contributed by atoms with Crippen LogP contribution >= 0.6 is 0 Å². The Morgan fingerprint density at radius 2 is 1.97 bits per heavy atom. The van der Waals surface area contributed by atoms with Gasteiger partial charge in [-0.1, -0.05) is 6.07 Å². The van der Waals surface area contributed by atoms with E-state index in [-0.39, 0.29) is 17.1 Å². The highest BCUT2D eigenvalue weighted by Gasteiger charge is 2.54. The molecule has 1 aliphatic carbocycles. The minimum Gasteiger partial charge on any atom is -0.467 e. The fourth-order valence-electron chi connectivity index (χ4n) is 5.09. The van der Waals surface area contributed by atoms with E-state index in [1.54, 1.807) is 35.3 Å². The number of rotatable bonds is 4. The van der Waals surface area contributed by atoms with Gasteiger partial charge in [-0.25, -0.2) is 19.8 Å². The summed E-state index contributed by atoms with van der Waals surface area (Å²) in [5, 5.41) is 3.96. The largest absolute Gasteiger partial charge is 0.467 e. The van der Waals surface area contributed by atoms with Gasteiger partial charge in [0.2, 0.25) is 0 Å². The molecule has 3 fully saturated rings. The highest BCUT2D eigenvalue weighted by molar-refractivity contribution is 5.96. The maximum atomic E-state index is 14.0. The van der Waals surface area contributed by atoms with Gasteiger partial charge >= 0.3 is 6.01 Å². The number of benzene rings is 1. The lowest BCUT2D eigenvalue weighted by Gasteiger charge is -2.38. The predicted molar refractivity (Wildman–Crippen MR) is 126 cm³/mol. The van der Waals surface area contributed by atoms with Gasteiger partial charge in [-0.15, -0.1) is 0 Å². The van der Waals surface area contributed by atoms with Crippen molar-refractivity contribution in [1.82, 2.24) is 29.8 Å². The smallest absolute Gasteiger partial charge is 0.316 e. The van der Waals surface area contributed by atoms with Gasteiger partial charge in [-0.2, -0.15) is 0 Å². The molecular weight excluding hydrogens is 430 g/mol. The molecule has 3 aliphatic rings. The van der Waals surface area contributed by atoms with Gasteiger partial charge in [-0.3, -0.25) is 14.3 Å². The highest BCUT2D eigenvalue weighted by Crippen LogP contribution is 2.50. The number of fused-ring (bicyclic) bond motifs is 2. The van der Waals surface area contributed by atoms with E-state index >= 15 is 0 Å². The maximum absolute atomic E-state index is 14.0. The molecular formula is C25H21N7O2. The number of aromatic nitrogens is 5. The van der Waals surface area contributed by atoms with Crippen molar-refractivity contribution in [1.29, 1.82) is 0 Å². The molecule has 168 valence electrons. The Kier molecular flexibility index (Phi) is 4.47. The third-order valence-corrected chi connectivity index (χ3v) is 6.80. The summed E-state index contributed by atoms with van der Waals surface area (Å²) in [7, 11) is 1.49. The molecule has 34 heavy (non-hydrogen) atoms. The summed E-state index contributed by atoms with van der Waals surface area (Å²) in [6.07, 6.45) is 6.73. The van der Waals surface area contributed by atoms with Crippen molar-refractivity contribution in [3.05, 3.63) is 76.1 Å². The lowest BCUT2D eigenvalue weighted by Crippen LogP contribution is -2.45. The SMILES string of the molecule is [C-]#[N+]c1cc(-c2ccc(C)nc2)c2nc(C34CC(CN3)C4)n(-c3cnc(OC)nc3)c(=O)c2c1. The van der Waals surface area contributed by atoms with Crippen molar-refractivity contribution >= 4 is 16.6 Å². The highest BCUT2D eigenvalue weighted by atomic mass is 16.5. The maximum Gasteiger partial charge on any atom is 0.316 e. The minimum absolute atomic E-state index is 0.220. The molecule has 2 saturated heterocycles. The second kappa shape index (κ2) is 7.43. The van der Waals surface area contributed by atoms with Crippen LogP contribution in [-0.2, 0) is 5.54 Å². The summed E-state index contributed by atoms with van der Waals surface area (Å²) in [4.78, 5) is 35.6. The van der Waals surface area contributed by atoms with Crippen LogP contribution in [0.3, 0.4) is 0 Å². The van der Waals surface area contributed by atoms with Crippen LogP contribution in [0.15, 0.2) is 47.7 Å². The van der Waals surface area contributed by atoms with Crippen LogP contribution in [0, 0.1) is 19.4 Å². The molecule has 3 aromatic heterocycles. The van der Waals surface area contributed by atoms with Gasteiger partial charge < -0.3 is 10.1 Å². The first kappa shape index (κ1) is 20.4. The molecule has 4 aromatic rings. The van der Waals surface area contributed by atoms with Crippen LogP contribution in [0.5, 0.6) is 6.01 Å². The zero-order chi connectivity index (χ0) is 23.4. The van der Waals surface area contributed by atoms with E-state index in [4.69, 9.17) is 16.3 Å². The molecule has 2 aliphatic heterocycles. The molecule has 2 bridgehead atoms. The molecule has 0 amide bonds. The second-order valence-corrected chi connectivity index (χ2v) is 8.93. The van der Waals surface area contributed by atoms with Crippen molar-refractivity contribution in [2.75, 3.05) is 13.7 Å². The zero-order valence-electron chi connectivity index (χ0n) is 18.7. The summed E-state index contributed by atoms with van der Waals surface area (Å²) in [5.74, 6) is 1.22. The lowest BCUT2D eigenvalue weighted by molar-refractivity contribution is 0.211. The summed E-state index contributed by atoms with van der Waals surface area (Å²) >= 11 is 0.